The van der Waals surface area contributed by atoms with E-state index in [1.54, 1.807) is 0 Å². The van der Waals surface area contributed by atoms with E-state index in [-0.39, 0.29) is 48.2 Å². The van der Waals surface area contributed by atoms with Gasteiger partial charge in [-0.15, -0.1) is 24.8 Å². The van der Waals surface area contributed by atoms with Crippen molar-refractivity contribution in [2.24, 2.45) is 17.1 Å². The molecule has 5 nitrogen and oxygen atoms in total. The highest BCUT2D eigenvalue weighted by Gasteiger charge is 2.70. The largest absolute Gasteiger partial charge is 0.377 e. The van der Waals surface area contributed by atoms with Crippen LogP contribution in [0.1, 0.15) is 39.5 Å². The number of carbonyl (C=O) groups is 1. The maximum Gasteiger partial charge on any atom is 0.241 e. The first-order valence-corrected chi connectivity index (χ1v) is 8.28. The van der Waals surface area contributed by atoms with Crippen molar-refractivity contribution < 1.29 is 9.53 Å². The number of hydrogen-bond donors (Lipinski definition) is 2. The molecule has 3 N–H and O–H groups in total. The molecule has 7 heteroatoms. The lowest BCUT2D eigenvalue weighted by atomic mass is 9.46. The van der Waals surface area contributed by atoms with Gasteiger partial charge in [-0.2, -0.15) is 0 Å². The predicted molar refractivity (Wildman–Crippen MR) is 96.3 cm³/mol. The van der Waals surface area contributed by atoms with Crippen molar-refractivity contribution in [3.05, 3.63) is 0 Å². The van der Waals surface area contributed by atoms with Crippen LogP contribution in [0.3, 0.4) is 0 Å². The number of likely N-dealkylation sites (tertiary alicyclic amines) is 1. The van der Waals surface area contributed by atoms with Crippen LogP contribution in [-0.4, -0.2) is 55.2 Å². The van der Waals surface area contributed by atoms with Crippen molar-refractivity contribution in [2.75, 3.05) is 26.7 Å². The molecule has 3 rings (SSSR count). The third-order valence-corrected chi connectivity index (χ3v) is 6.23. The van der Waals surface area contributed by atoms with Crippen molar-refractivity contribution in [2.45, 2.75) is 57.2 Å². The van der Waals surface area contributed by atoms with Crippen LogP contribution in [0.25, 0.3) is 0 Å². The Balaban J connectivity index is 0.00000132. The maximum absolute atomic E-state index is 12.8. The van der Waals surface area contributed by atoms with Crippen LogP contribution in [0.15, 0.2) is 0 Å². The van der Waals surface area contributed by atoms with Gasteiger partial charge in [0.05, 0.1) is 6.10 Å². The molecule has 3 aliphatic rings. The van der Waals surface area contributed by atoms with Gasteiger partial charge < -0.3 is 20.7 Å². The molecular weight excluding hydrogens is 337 g/mol. The maximum atomic E-state index is 12.8. The molecule has 3 fully saturated rings. The first kappa shape index (κ1) is 21.0. The fourth-order valence-electron chi connectivity index (χ4n) is 4.63. The van der Waals surface area contributed by atoms with Crippen molar-refractivity contribution >= 4 is 30.7 Å². The minimum atomic E-state index is -0.782. The number of nitrogens with zero attached hydrogens (tertiary/aromatic N) is 1. The molecular formula is C16H31Cl2N3O2. The van der Waals surface area contributed by atoms with Gasteiger partial charge in [-0.3, -0.25) is 4.79 Å². The minimum absolute atomic E-state index is 0. The van der Waals surface area contributed by atoms with E-state index in [2.05, 4.69) is 31.1 Å². The van der Waals surface area contributed by atoms with E-state index in [1.165, 1.54) is 6.42 Å². The first-order valence-electron chi connectivity index (χ1n) is 8.28. The van der Waals surface area contributed by atoms with E-state index in [4.69, 9.17) is 10.5 Å². The lowest BCUT2D eigenvalue weighted by molar-refractivity contribution is -0.225. The number of amides is 1. The third-order valence-electron chi connectivity index (χ3n) is 6.23. The summed E-state index contributed by atoms with van der Waals surface area (Å²) in [4.78, 5) is 15.1. The van der Waals surface area contributed by atoms with Gasteiger partial charge in [-0.1, -0.05) is 13.8 Å². The molecule has 4 unspecified atom stereocenters. The highest BCUT2D eigenvalue weighted by atomic mass is 35.5. The van der Waals surface area contributed by atoms with E-state index < -0.39 is 5.54 Å². The van der Waals surface area contributed by atoms with Crippen LogP contribution in [0.2, 0.25) is 0 Å². The van der Waals surface area contributed by atoms with Crippen molar-refractivity contribution in [1.29, 1.82) is 0 Å². The molecule has 2 saturated heterocycles. The smallest absolute Gasteiger partial charge is 0.241 e. The zero-order valence-electron chi connectivity index (χ0n) is 14.3. The Bertz CT molecular complexity index is 436. The molecule has 0 spiro atoms. The Labute approximate surface area is 151 Å². The van der Waals surface area contributed by atoms with E-state index in [0.29, 0.717) is 12.6 Å². The number of likely N-dealkylation sites (N-methyl/N-ethyl adjacent to an activating group) is 1. The quantitative estimate of drug-likeness (QED) is 0.794. The van der Waals surface area contributed by atoms with Gasteiger partial charge in [0.2, 0.25) is 5.91 Å². The van der Waals surface area contributed by atoms with Crippen molar-refractivity contribution in [1.82, 2.24) is 10.2 Å². The van der Waals surface area contributed by atoms with Crippen LogP contribution < -0.4 is 11.1 Å². The Morgan fingerprint density at radius 3 is 2.61 bits per heavy atom. The van der Waals surface area contributed by atoms with Gasteiger partial charge in [0, 0.05) is 30.5 Å². The van der Waals surface area contributed by atoms with Crippen molar-refractivity contribution in [3.63, 3.8) is 0 Å². The van der Waals surface area contributed by atoms with Gasteiger partial charge in [-0.05, 0) is 39.3 Å². The van der Waals surface area contributed by atoms with Crippen LogP contribution in [0.5, 0.6) is 0 Å². The van der Waals surface area contributed by atoms with E-state index in [0.717, 1.165) is 32.4 Å². The molecule has 0 aromatic carbocycles. The SMILES string of the molecule is CN1CCCC1CNC(=O)C1(N)C2CCCOC2C1(C)C.Cl.Cl. The molecule has 1 amide bonds. The zero-order chi connectivity index (χ0) is 15.3. The summed E-state index contributed by atoms with van der Waals surface area (Å²) < 4.78 is 5.86. The average Bonchev–Trinajstić information content (AvgIpc) is 2.89. The fraction of sp³-hybridized carbons (Fsp3) is 0.938. The van der Waals surface area contributed by atoms with Gasteiger partial charge in [0.15, 0.2) is 0 Å². The normalized spacial score (nSPS) is 38.5. The summed E-state index contributed by atoms with van der Waals surface area (Å²) in [5.74, 6) is 0.183. The van der Waals surface area contributed by atoms with Crippen molar-refractivity contribution in [3.8, 4) is 0 Å². The number of hydrogen-bond acceptors (Lipinski definition) is 4. The Morgan fingerprint density at radius 1 is 1.30 bits per heavy atom. The molecule has 2 aliphatic heterocycles. The summed E-state index contributed by atoms with van der Waals surface area (Å²) in [6.07, 6.45) is 4.52. The molecule has 0 aromatic heterocycles. The first-order chi connectivity index (χ1) is 9.89. The Morgan fingerprint density at radius 2 is 2.00 bits per heavy atom. The highest BCUT2D eigenvalue weighted by Crippen LogP contribution is 2.57. The third kappa shape index (κ3) is 3.11. The summed E-state index contributed by atoms with van der Waals surface area (Å²) in [5.41, 5.74) is 5.52. The predicted octanol–water partition coefficient (Wildman–Crippen LogP) is 1.57. The number of fused-ring (bicyclic) bond motifs is 1. The lowest BCUT2D eigenvalue weighted by Gasteiger charge is -2.65. The summed E-state index contributed by atoms with van der Waals surface area (Å²) in [5, 5.41) is 3.12. The van der Waals surface area contributed by atoms with E-state index in [9.17, 15) is 4.79 Å². The molecule has 0 bridgehead atoms. The highest BCUT2D eigenvalue weighted by molar-refractivity contribution is 5.89. The van der Waals surface area contributed by atoms with Gasteiger partial charge >= 0.3 is 0 Å². The lowest BCUT2D eigenvalue weighted by Crippen LogP contribution is -2.82. The van der Waals surface area contributed by atoms with Crippen LogP contribution in [0.4, 0.5) is 0 Å². The molecule has 0 radical (unpaired) electrons. The molecule has 4 atom stereocenters. The van der Waals surface area contributed by atoms with Gasteiger partial charge in [0.1, 0.15) is 5.54 Å². The number of nitrogens with one attached hydrogen (secondary N) is 1. The van der Waals surface area contributed by atoms with Gasteiger partial charge in [-0.25, -0.2) is 0 Å². The van der Waals surface area contributed by atoms with Gasteiger partial charge in [0.25, 0.3) is 0 Å². The van der Waals surface area contributed by atoms with Crippen LogP contribution in [-0.2, 0) is 9.53 Å². The van der Waals surface area contributed by atoms with E-state index >= 15 is 0 Å². The molecule has 1 aliphatic carbocycles. The zero-order valence-corrected chi connectivity index (χ0v) is 16.0. The molecule has 136 valence electrons. The minimum Gasteiger partial charge on any atom is -0.377 e. The summed E-state index contributed by atoms with van der Waals surface area (Å²) in [6.45, 7) is 6.78. The second-order valence-corrected chi connectivity index (χ2v) is 7.62. The standard InChI is InChI=1S/C16H29N3O2.2ClH/c1-15(2)13-12(7-5-9-21-13)16(15,17)14(20)18-10-11-6-4-8-19(11)3;;/h11-13H,4-10,17H2,1-3H3,(H,18,20);2*1H. The van der Waals surface area contributed by atoms with Crippen LogP contribution >= 0.6 is 24.8 Å². The summed E-state index contributed by atoms with van der Waals surface area (Å²) in [6, 6.07) is 0.458. The average molecular weight is 368 g/mol. The van der Waals surface area contributed by atoms with E-state index in [1.807, 2.05) is 0 Å². The number of ether oxygens (including phenoxy) is 1. The Hall–Kier alpha value is -0.0700. The monoisotopic (exact) mass is 367 g/mol. The second-order valence-electron chi connectivity index (χ2n) is 7.62. The summed E-state index contributed by atoms with van der Waals surface area (Å²) >= 11 is 0. The molecule has 23 heavy (non-hydrogen) atoms. The topological polar surface area (TPSA) is 67.6 Å². The number of nitrogens with two attached hydrogens (primary N) is 1. The molecule has 2 heterocycles. The number of halogens is 2. The fourth-order valence-corrected chi connectivity index (χ4v) is 4.63. The second kappa shape index (κ2) is 7.44. The molecule has 0 aromatic rings. The Kier molecular flexibility index (Phi) is 6.79. The number of carbonyl (C=O) groups excluding carboxylic acids is 1. The molecule has 1 saturated carbocycles. The summed E-state index contributed by atoms with van der Waals surface area (Å²) in [7, 11) is 2.13. The number of rotatable bonds is 3. The van der Waals surface area contributed by atoms with Crippen LogP contribution in [0, 0.1) is 11.3 Å².